The van der Waals surface area contributed by atoms with Gasteiger partial charge in [-0.3, -0.25) is 14.7 Å². The highest BCUT2D eigenvalue weighted by Gasteiger charge is 2.30. The smallest absolute Gasteiger partial charge is 0.0206 e. The van der Waals surface area contributed by atoms with Crippen LogP contribution in [0.2, 0.25) is 0 Å². The van der Waals surface area contributed by atoms with Gasteiger partial charge in [-0.2, -0.15) is 0 Å². The van der Waals surface area contributed by atoms with Crippen molar-refractivity contribution in [3.8, 4) is 0 Å². The van der Waals surface area contributed by atoms with Gasteiger partial charge in [-0.25, -0.2) is 0 Å². The number of hydrogen-bond donors (Lipinski definition) is 7. The van der Waals surface area contributed by atoms with Crippen LogP contribution in [0.4, 0.5) is 0 Å². The summed E-state index contributed by atoms with van der Waals surface area (Å²) < 4.78 is 0. The second kappa shape index (κ2) is 18.6. The number of nitrogens with zero attached hydrogens (tertiary/aromatic N) is 3. The van der Waals surface area contributed by atoms with E-state index in [-0.39, 0.29) is 11.7 Å². The minimum Gasteiger partial charge on any atom is -0.344 e. The second-order valence-electron chi connectivity index (χ2n) is 7.40. The Labute approximate surface area is 172 Å². The molecule has 0 aromatic heterocycles. The minimum absolute atomic E-state index is 0. The third-order valence-electron chi connectivity index (χ3n) is 5.28. The summed E-state index contributed by atoms with van der Waals surface area (Å²) >= 11 is 0. The Balaban J connectivity index is 0. The highest BCUT2D eigenvalue weighted by molar-refractivity contribution is 4.88. The van der Waals surface area contributed by atoms with Crippen molar-refractivity contribution in [1.29, 1.82) is 0 Å². The summed E-state index contributed by atoms with van der Waals surface area (Å²) in [6.07, 6.45) is 1.84. The molecule has 0 aliphatic rings. The summed E-state index contributed by atoms with van der Waals surface area (Å²) in [7, 11) is 0. The predicted octanol–water partition coefficient (Wildman–Crippen LogP) is -2.65. The van der Waals surface area contributed by atoms with Crippen LogP contribution in [-0.4, -0.2) is 112 Å². The second-order valence-corrected chi connectivity index (χ2v) is 7.40. The summed E-state index contributed by atoms with van der Waals surface area (Å²) in [5.41, 5.74) is 34.9. The molecule has 0 heterocycles. The van der Waals surface area contributed by atoms with E-state index in [1.54, 1.807) is 0 Å². The predicted molar refractivity (Wildman–Crippen MR) is 121 cm³/mol. The summed E-state index contributed by atoms with van der Waals surface area (Å²) in [5.74, 6) is 0. The summed E-state index contributed by atoms with van der Waals surface area (Å²) in [6.45, 7) is 13.4. The molecule has 172 valence electrons. The van der Waals surface area contributed by atoms with E-state index in [4.69, 9.17) is 34.4 Å². The van der Waals surface area contributed by atoms with E-state index in [9.17, 15) is 0 Å². The van der Waals surface area contributed by atoms with Gasteiger partial charge in [-0.05, 0) is 32.9 Å². The van der Waals surface area contributed by atoms with E-state index in [1.165, 1.54) is 0 Å². The van der Waals surface area contributed by atoms with Crippen LogP contribution in [-0.2, 0) is 0 Å². The lowest BCUT2D eigenvalue weighted by Crippen LogP contribution is -2.54. The van der Waals surface area contributed by atoms with Crippen molar-refractivity contribution in [3.63, 3.8) is 0 Å². The van der Waals surface area contributed by atoms with Crippen LogP contribution in [0.25, 0.3) is 0 Å². The molecule has 0 spiro atoms. The largest absolute Gasteiger partial charge is 0.344 e. The Kier molecular flexibility index (Phi) is 19.8. The van der Waals surface area contributed by atoms with Gasteiger partial charge in [0.25, 0.3) is 0 Å². The molecule has 0 aromatic rings. The van der Waals surface area contributed by atoms with Gasteiger partial charge in [-0.15, -0.1) is 0 Å². The van der Waals surface area contributed by atoms with Crippen molar-refractivity contribution in [2.24, 2.45) is 34.4 Å². The SMILES string of the molecule is CC(CCN)(CCN)N(CCN(CCN)CCN)CCN(CCN)CCN.N. The Morgan fingerprint density at radius 1 is 0.500 bits per heavy atom. The Morgan fingerprint density at radius 2 is 0.821 bits per heavy atom. The first-order valence-electron chi connectivity index (χ1n) is 10.4. The third kappa shape index (κ3) is 12.2. The standard InChI is InChI=1S/C18H47N9.H3N/c1-18(2-4-19,3-5-20)27(16-14-25(10-6-21)11-7-22)17-15-26(12-8-23)13-9-24;/h2-17,19-24H2,1H3;1H3. The fraction of sp³-hybridized carbons (Fsp3) is 1.00. The average Bonchev–Trinajstić information content (AvgIpc) is 2.62. The van der Waals surface area contributed by atoms with Gasteiger partial charge in [0, 0.05) is 84.1 Å². The normalized spacial score (nSPS) is 12.2. The summed E-state index contributed by atoms with van der Waals surface area (Å²) in [5, 5.41) is 0. The Bertz CT molecular complexity index is 293. The molecule has 15 N–H and O–H groups in total. The van der Waals surface area contributed by atoms with Crippen molar-refractivity contribution in [2.75, 3.05) is 91.6 Å². The van der Waals surface area contributed by atoms with Gasteiger partial charge >= 0.3 is 0 Å². The molecule has 0 aliphatic heterocycles. The lowest BCUT2D eigenvalue weighted by atomic mass is 9.91. The Hall–Kier alpha value is -0.400. The van der Waals surface area contributed by atoms with Crippen LogP contribution in [0.1, 0.15) is 19.8 Å². The lowest BCUT2D eigenvalue weighted by Gasteiger charge is -2.43. The van der Waals surface area contributed by atoms with Gasteiger partial charge in [0.2, 0.25) is 0 Å². The molecule has 0 radical (unpaired) electrons. The quantitative estimate of drug-likeness (QED) is 0.119. The van der Waals surface area contributed by atoms with E-state index in [1.807, 2.05) is 0 Å². The molecular weight excluding hydrogens is 356 g/mol. The molecule has 0 saturated heterocycles. The maximum absolute atomic E-state index is 5.93. The molecule has 0 bridgehead atoms. The minimum atomic E-state index is -0.0162. The summed E-state index contributed by atoms with van der Waals surface area (Å²) in [6, 6.07) is 0. The van der Waals surface area contributed by atoms with Gasteiger partial charge in [0.15, 0.2) is 0 Å². The Morgan fingerprint density at radius 3 is 1.07 bits per heavy atom. The van der Waals surface area contributed by atoms with Crippen molar-refractivity contribution in [1.82, 2.24) is 20.9 Å². The highest BCUT2D eigenvalue weighted by atomic mass is 15.3. The molecule has 28 heavy (non-hydrogen) atoms. The van der Waals surface area contributed by atoms with Crippen molar-refractivity contribution in [2.45, 2.75) is 25.3 Å². The highest BCUT2D eigenvalue weighted by Crippen LogP contribution is 2.23. The molecule has 0 aromatic carbocycles. The molecule has 0 rings (SSSR count). The molecular formula is C18H50N10. The third-order valence-corrected chi connectivity index (χ3v) is 5.28. The molecule has 10 nitrogen and oxygen atoms in total. The van der Waals surface area contributed by atoms with E-state index in [0.29, 0.717) is 39.3 Å². The lowest BCUT2D eigenvalue weighted by molar-refractivity contribution is 0.0652. The molecule has 0 fully saturated rings. The topological polar surface area (TPSA) is 201 Å². The fourth-order valence-corrected chi connectivity index (χ4v) is 3.64. The van der Waals surface area contributed by atoms with Crippen LogP contribution in [0.15, 0.2) is 0 Å². The van der Waals surface area contributed by atoms with Crippen LogP contribution < -0.4 is 40.6 Å². The summed E-state index contributed by atoms with van der Waals surface area (Å²) in [4.78, 5) is 7.19. The first-order chi connectivity index (χ1) is 13.0. The van der Waals surface area contributed by atoms with Gasteiger partial charge < -0.3 is 40.6 Å². The maximum atomic E-state index is 5.93. The molecule has 0 atom stereocenters. The first kappa shape index (κ1) is 29.8. The first-order valence-corrected chi connectivity index (χ1v) is 10.4. The van der Waals surface area contributed by atoms with Gasteiger partial charge in [0.1, 0.15) is 0 Å². The van der Waals surface area contributed by atoms with Crippen LogP contribution in [0.5, 0.6) is 0 Å². The van der Waals surface area contributed by atoms with Gasteiger partial charge in [-0.1, -0.05) is 0 Å². The molecule has 0 aliphatic carbocycles. The molecule has 0 amide bonds. The van der Waals surface area contributed by atoms with E-state index in [2.05, 4.69) is 21.6 Å². The fourth-order valence-electron chi connectivity index (χ4n) is 3.64. The molecule has 10 heteroatoms. The average molecular weight is 407 g/mol. The number of hydrogen-bond acceptors (Lipinski definition) is 10. The van der Waals surface area contributed by atoms with Gasteiger partial charge in [0.05, 0.1) is 0 Å². The number of nitrogens with two attached hydrogens (primary N) is 6. The zero-order chi connectivity index (χ0) is 20.5. The molecule has 0 unspecified atom stereocenters. The van der Waals surface area contributed by atoms with E-state index >= 15 is 0 Å². The van der Waals surface area contributed by atoms with E-state index < -0.39 is 0 Å². The maximum Gasteiger partial charge on any atom is 0.0206 e. The monoisotopic (exact) mass is 406 g/mol. The van der Waals surface area contributed by atoms with Crippen LogP contribution in [0, 0.1) is 0 Å². The van der Waals surface area contributed by atoms with Crippen molar-refractivity contribution >= 4 is 0 Å². The number of rotatable bonds is 19. The van der Waals surface area contributed by atoms with Crippen molar-refractivity contribution < 1.29 is 0 Å². The molecule has 0 saturated carbocycles. The van der Waals surface area contributed by atoms with E-state index in [0.717, 1.165) is 65.2 Å². The zero-order valence-electron chi connectivity index (χ0n) is 18.3. The van der Waals surface area contributed by atoms with Crippen LogP contribution in [0.3, 0.4) is 0 Å². The van der Waals surface area contributed by atoms with Crippen molar-refractivity contribution in [3.05, 3.63) is 0 Å². The zero-order valence-corrected chi connectivity index (χ0v) is 18.3. The van der Waals surface area contributed by atoms with Crippen LogP contribution >= 0.6 is 0 Å².